The monoisotopic (exact) mass is 509 g/mol. The maximum atomic E-state index is 13.1. The van der Waals surface area contributed by atoms with Crippen LogP contribution in [0.1, 0.15) is 22.5 Å². The molecule has 180 valence electrons. The van der Waals surface area contributed by atoms with Crippen LogP contribution in [0.15, 0.2) is 48.7 Å². The van der Waals surface area contributed by atoms with Crippen molar-refractivity contribution in [3.05, 3.63) is 59.4 Å². The number of halogens is 1. The van der Waals surface area contributed by atoms with Gasteiger partial charge in [-0.25, -0.2) is 14.4 Å². The Morgan fingerprint density at radius 2 is 1.77 bits per heavy atom. The van der Waals surface area contributed by atoms with Gasteiger partial charge >= 0.3 is 0 Å². The summed E-state index contributed by atoms with van der Waals surface area (Å²) in [5.74, 6) is 0.202. The first-order valence-corrected chi connectivity index (χ1v) is 12.9. The van der Waals surface area contributed by atoms with E-state index in [2.05, 4.69) is 15.2 Å². The van der Waals surface area contributed by atoms with Gasteiger partial charge in [0.05, 0.1) is 9.58 Å². The van der Waals surface area contributed by atoms with Crippen LogP contribution in [0.5, 0.6) is 0 Å². The highest BCUT2D eigenvalue weighted by Crippen LogP contribution is 2.36. The van der Waals surface area contributed by atoms with E-state index < -0.39 is 0 Å². The fourth-order valence-electron chi connectivity index (χ4n) is 4.11. The molecule has 1 fully saturated rings. The molecule has 1 saturated heterocycles. The number of nitrogens with zero attached hydrogens (tertiary/aromatic N) is 4. The average molecular weight is 510 g/mol. The minimum Gasteiger partial charge on any atom is -0.349 e. The summed E-state index contributed by atoms with van der Waals surface area (Å²) in [6.45, 7) is 1.61. The van der Waals surface area contributed by atoms with E-state index in [1.807, 2.05) is 12.1 Å². The lowest BCUT2D eigenvalue weighted by Gasteiger charge is -2.32. The van der Waals surface area contributed by atoms with E-state index in [1.54, 1.807) is 54.7 Å². The molecule has 1 aliphatic rings. The molecule has 10 heteroatoms. The van der Waals surface area contributed by atoms with Crippen molar-refractivity contribution in [2.45, 2.75) is 12.8 Å². The molecule has 4 aromatic rings. The zero-order valence-corrected chi connectivity index (χ0v) is 21.0. The lowest BCUT2D eigenvalue weighted by atomic mass is 9.96. The highest BCUT2D eigenvalue weighted by atomic mass is 32.1. The van der Waals surface area contributed by atoms with Gasteiger partial charge in [-0.1, -0.05) is 23.5 Å². The lowest BCUT2D eigenvalue weighted by molar-refractivity contribution is -0.133. The molecule has 1 aliphatic heterocycles. The van der Waals surface area contributed by atoms with Crippen LogP contribution >= 0.6 is 22.7 Å². The molecular formula is C25H24FN5O2S2. The quantitative estimate of drug-likeness (QED) is 0.404. The molecule has 35 heavy (non-hydrogen) atoms. The molecule has 1 aromatic carbocycles. The maximum Gasteiger partial charge on any atom is 0.267 e. The molecule has 0 saturated carbocycles. The number of thiazole rings is 1. The van der Waals surface area contributed by atoms with E-state index >= 15 is 0 Å². The minimum atomic E-state index is -0.288. The van der Waals surface area contributed by atoms with Crippen LogP contribution in [0.4, 0.5) is 15.3 Å². The van der Waals surface area contributed by atoms with Gasteiger partial charge in [-0.15, -0.1) is 11.3 Å². The van der Waals surface area contributed by atoms with E-state index in [-0.39, 0.29) is 23.5 Å². The van der Waals surface area contributed by atoms with Crippen molar-refractivity contribution < 1.29 is 14.0 Å². The second-order valence-corrected chi connectivity index (χ2v) is 10.7. The van der Waals surface area contributed by atoms with E-state index in [9.17, 15) is 14.0 Å². The fraction of sp³-hybridized carbons (Fsp3) is 0.280. The number of pyridine rings is 1. The molecule has 5 rings (SSSR count). The SMILES string of the molecule is CN(C)C(=O)C1CCN(c2nc3sc(C(=O)Nc4ccc(-c5ccc(F)cc5)cn4)cc3s2)CC1. The first-order chi connectivity index (χ1) is 16.9. The standard InChI is InChI=1S/C25H24FN5O2S2/c1-30(2)24(33)16-9-11-31(12-10-16)25-29-23-20(35-25)13-19(34-23)22(32)28-21-8-5-17(14-27-21)15-3-6-18(26)7-4-15/h3-8,13-14,16H,9-12H2,1-2H3,(H,27,28,32). The number of amides is 2. The second kappa shape index (κ2) is 9.71. The molecule has 1 N–H and O–H groups in total. The number of hydrogen-bond acceptors (Lipinski definition) is 7. The largest absolute Gasteiger partial charge is 0.349 e. The van der Waals surface area contributed by atoms with Gasteiger partial charge in [-0.2, -0.15) is 0 Å². The molecule has 0 unspecified atom stereocenters. The number of anilines is 2. The van der Waals surface area contributed by atoms with Crippen molar-refractivity contribution in [3.63, 3.8) is 0 Å². The minimum absolute atomic E-state index is 0.0796. The van der Waals surface area contributed by atoms with E-state index in [0.717, 1.165) is 51.7 Å². The Labute approximate surface area is 210 Å². The third-order valence-electron chi connectivity index (χ3n) is 6.04. The number of aromatic nitrogens is 2. The van der Waals surface area contributed by atoms with Crippen LogP contribution in [-0.4, -0.2) is 53.9 Å². The number of piperidine rings is 1. The summed E-state index contributed by atoms with van der Waals surface area (Å²) < 4.78 is 14.1. The van der Waals surface area contributed by atoms with Gasteiger partial charge in [-0.3, -0.25) is 9.59 Å². The number of fused-ring (bicyclic) bond motifs is 1. The number of thiophene rings is 1. The highest BCUT2D eigenvalue weighted by Gasteiger charge is 2.27. The average Bonchev–Trinajstić information content (AvgIpc) is 3.44. The summed E-state index contributed by atoms with van der Waals surface area (Å²) in [5.41, 5.74) is 1.69. The normalized spacial score (nSPS) is 14.3. The molecular weight excluding hydrogens is 485 g/mol. The Balaban J connectivity index is 1.22. The maximum absolute atomic E-state index is 13.1. The van der Waals surface area contributed by atoms with E-state index in [4.69, 9.17) is 4.98 Å². The first kappa shape index (κ1) is 23.4. The zero-order valence-electron chi connectivity index (χ0n) is 19.3. The summed E-state index contributed by atoms with van der Waals surface area (Å²) in [7, 11) is 3.60. The van der Waals surface area contributed by atoms with Gasteiger partial charge < -0.3 is 15.1 Å². The van der Waals surface area contributed by atoms with Crippen LogP contribution in [0.25, 0.3) is 20.7 Å². The number of benzene rings is 1. The summed E-state index contributed by atoms with van der Waals surface area (Å²) >= 11 is 2.93. The van der Waals surface area contributed by atoms with Crippen LogP contribution < -0.4 is 10.2 Å². The van der Waals surface area contributed by atoms with Gasteiger partial charge in [0.25, 0.3) is 5.91 Å². The van der Waals surface area contributed by atoms with Crippen molar-refractivity contribution in [2.24, 2.45) is 5.92 Å². The Morgan fingerprint density at radius 3 is 2.40 bits per heavy atom. The molecule has 0 atom stereocenters. The molecule has 7 nitrogen and oxygen atoms in total. The molecule has 0 radical (unpaired) electrons. The number of carbonyl (C=O) groups is 2. The molecule has 0 spiro atoms. The van der Waals surface area contributed by atoms with E-state index in [1.165, 1.54) is 23.5 Å². The van der Waals surface area contributed by atoms with Gasteiger partial charge in [0.1, 0.15) is 16.5 Å². The Kier molecular flexibility index (Phi) is 6.48. The smallest absolute Gasteiger partial charge is 0.267 e. The first-order valence-electron chi connectivity index (χ1n) is 11.3. The van der Waals surface area contributed by atoms with Crippen LogP contribution in [0, 0.1) is 11.7 Å². The summed E-state index contributed by atoms with van der Waals surface area (Å²) in [4.78, 5) is 39.3. The third kappa shape index (κ3) is 5.03. The lowest BCUT2D eigenvalue weighted by Crippen LogP contribution is -2.40. The fourth-order valence-corrected chi connectivity index (χ4v) is 6.27. The van der Waals surface area contributed by atoms with Gasteiger partial charge in [0.2, 0.25) is 5.91 Å². The predicted molar refractivity (Wildman–Crippen MR) is 139 cm³/mol. The predicted octanol–water partition coefficient (Wildman–Crippen LogP) is 5.12. The van der Waals surface area contributed by atoms with Gasteiger partial charge in [-0.05, 0) is 48.7 Å². The summed E-state index contributed by atoms with van der Waals surface area (Å²) in [6, 6.07) is 11.6. The van der Waals surface area contributed by atoms with Crippen LogP contribution in [0.3, 0.4) is 0 Å². The third-order valence-corrected chi connectivity index (χ3v) is 8.26. The number of carbonyl (C=O) groups excluding carboxylic acids is 2. The number of rotatable bonds is 5. The molecule has 2 amide bonds. The molecule has 3 aromatic heterocycles. The van der Waals surface area contributed by atoms with Crippen molar-refractivity contribution in [1.82, 2.24) is 14.9 Å². The summed E-state index contributed by atoms with van der Waals surface area (Å²) in [6.07, 6.45) is 3.30. The molecule has 4 heterocycles. The van der Waals surface area contributed by atoms with Crippen LogP contribution in [-0.2, 0) is 4.79 Å². The van der Waals surface area contributed by atoms with Crippen molar-refractivity contribution in [1.29, 1.82) is 0 Å². The van der Waals surface area contributed by atoms with Crippen molar-refractivity contribution in [3.8, 4) is 11.1 Å². The van der Waals surface area contributed by atoms with Crippen molar-refractivity contribution >= 4 is 55.0 Å². The Bertz CT molecular complexity index is 1330. The highest BCUT2D eigenvalue weighted by molar-refractivity contribution is 7.29. The van der Waals surface area contributed by atoms with Gasteiger partial charge in [0.15, 0.2) is 5.13 Å². The van der Waals surface area contributed by atoms with Crippen LogP contribution in [0.2, 0.25) is 0 Å². The number of hydrogen-bond donors (Lipinski definition) is 1. The topological polar surface area (TPSA) is 78.4 Å². The van der Waals surface area contributed by atoms with E-state index in [0.29, 0.717) is 10.7 Å². The zero-order chi connectivity index (χ0) is 24.5. The molecule has 0 bridgehead atoms. The molecule has 0 aliphatic carbocycles. The van der Waals surface area contributed by atoms with Crippen molar-refractivity contribution in [2.75, 3.05) is 37.4 Å². The summed E-state index contributed by atoms with van der Waals surface area (Å²) in [5, 5.41) is 3.77. The number of nitrogens with one attached hydrogen (secondary N) is 1. The van der Waals surface area contributed by atoms with Gasteiger partial charge in [0, 0.05) is 44.9 Å². The second-order valence-electron chi connectivity index (χ2n) is 8.66. The Morgan fingerprint density at radius 1 is 1.06 bits per heavy atom. The Hall–Kier alpha value is -3.37.